The van der Waals surface area contributed by atoms with Crippen molar-refractivity contribution in [2.75, 3.05) is 11.9 Å². The predicted molar refractivity (Wildman–Crippen MR) is 63.0 cm³/mol. The number of nitrogens with one attached hydrogen (secondary N) is 1. The monoisotopic (exact) mass is 206 g/mol. The molecule has 0 saturated heterocycles. The van der Waals surface area contributed by atoms with Gasteiger partial charge in [0.25, 0.3) is 0 Å². The van der Waals surface area contributed by atoms with Crippen LogP contribution in [0.4, 0.5) is 5.69 Å². The number of carbonyl (C=O) groups is 1. The molecule has 0 fully saturated rings. The second-order valence-electron chi connectivity index (χ2n) is 3.58. The fraction of sp³-hybridized carbons (Fsp3) is 0.417. The van der Waals surface area contributed by atoms with Gasteiger partial charge in [0.05, 0.1) is 0 Å². The van der Waals surface area contributed by atoms with Crippen LogP contribution in [0.15, 0.2) is 24.3 Å². The molecule has 0 saturated carbocycles. The Hall–Kier alpha value is -1.51. The summed E-state index contributed by atoms with van der Waals surface area (Å²) in [6, 6.07) is 7.24. The average molecular weight is 206 g/mol. The SMILES string of the molecule is CCCCCNc1ccc(C(N)=O)cc1. The zero-order valence-electron chi connectivity index (χ0n) is 9.12. The molecule has 0 radical (unpaired) electrons. The summed E-state index contributed by atoms with van der Waals surface area (Å²) in [6.07, 6.45) is 3.64. The molecule has 0 unspecified atom stereocenters. The Bertz CT molecular complexity index is 306. The highest BCUT2D eigenvalue weighted by Gasteiger charge is 1.98. The van der Waals surface area contributed by atoms with E-state index in [9.17, 15) is 4.79 Å². The number of hydrogen-bond donors (Lipinski definition) is 2. The maximum absolute atomic E-state index is 10.8. The normalized spacial score (nSPS) is 9.93. The van der Waals surface area contributed by atoms with E-state index in [1.807, 2.05) is 12.1 Å². The van der Waals surface area contributed by atoms with Gasteiger partial charge in [-0.2, -0.15) is 0 Å². The molecule has 15 heavy (non-hydrogen) atoms. The molecule has 1 amide bonds. The van der Waals surface area contributed by atoms with Crippen molar-refractivity contribution in [3.63, 3.8) is 0 Å². The van der Waals surface area contributed by atoms with Gasteiger partial charge in [-0.05, 0) is 30.7 Å². The first-order valence-corrected chi connectivity index (χ1v) is 5.37. The fourth-order valence-corrected chi connectivity index (χ4v) is 1.36. The molecule has 0 heterocycles. The molecule has 3 heteroatoms. The Labute approximate surface area is 90.7 Å². The van der Waals surface area contributed by atoms with Crippen molar-refractivity contribution < 1.29 is 4.79 Å². The van der Waals surface area contributed by atoms with Crippen molar-refractivity contribution in [1.82, 2.24) is 0 Å². The third kappa shape index (κ3) is 4.02. The second kappa shape index (κ2) is 6.06. The number of hydrogen-bond acceptors (Lipinski definition) is 2. The molecule has 1 aromatic rings. The highest BCUT2D eigenvalue weighted by Crippen LogP contribution is 2.09. The van der Waals surface area contributed by atoms with Crippen LogP contribution < -0.4 is 11.1 Å². The molecule has 0 atom stereocenters. The van der Waals surface area contributed by atoms with Gasteiger partial charge in [-0.3, -0.25) is 4.79 Å². The molecule has 0 aliphatic rings. The number of anilines is 1. The third-order valence-electron chi connectivity index (χ3n) is 2.28. The van der Waals surface area contributed by atoms with E-state index < -0.39 is 0 Å². The summed E-state index contributed by atoms with van der Waals surface area (Å²) < 4.78 is 0. The number of carbonyl (C=O) groups excluding carboxylic acids is 1. The van der Waals surface area contributed by atoms with E-state index in [0.717, 1.165) is 12.2 Å². The van der Waals surface area contributed by atoms with E-state index in [0.29, 0.717) is 5.56 Å². The largest absolute Gasteiger partial charge is 0.385 e. The molecule has 3 nitrogen and oxygen atoms in total. The van der Waals surface area contributed by atoms with Crippen LogP contribution in [0.3, 0.4) is 0 Å². The minimum atomic E-state index is -0.382. The summed E-state index contributed by atoms with van der Waals surface area (Å²) in [5, 5.41) is 3.29. The highest BCUT2D eigenvalue weighted by molar-refractivity contribution is 5.93. The van der Waals surface area contributed by atoms with E-state index in [1.165, 1.54) is 19.3 Å². The minimum absolute atomic E-state index is 0.382. The van der Waals surface area contributed by atoms with Gasteiger partial charge in [-0.15, -0.1) is 0 Å². The van der Waals surface area contributed by atoms with Crippen molar-refractivity contribution in [3.05, 3.63) is 29.8 Å². The van der Waals surface area contributed by atoms with Crippen LogP contribution in [-0.4, -0.2) is 12.5 Å². The molecule has 0 aliphatic carbocycles. The van der Waals surface area contributed by atoms with Crippen molar-refractivity contribution in [3.8, 4) is 0 Å². The van der Waals surface area contributed by atoms with Crippen molar-refractivity contribution >= 4 is 11.6 Å². The number of nitrogens with two attached hydrogens (primary N) is 1. The lowest BCUT2D eigenvalue weighted by Crippen LogP contribution is -2.10. The van der Waals surface area contributed by atoms with Gasteiger partial charge in [0.2, 0.25) is 5.91 Å². The molecule has 0 bridgehead atoms. The highest BCUT2D eigenvalue weighted by atomic mass is 16.1. The van der Waals surface area contributed by atoms with Gasteiger partial charge in [-0.25, -0.2) is 0 Å². The molecule has 0 aromatic heterocycles. The smallest absolute Gasteiger partial charge is 0.248 e. The molecule has 1 aromatic carbocycles. The van der Waals surface area contributed by atoms with Crippen LogP contribution in [0.25, 0.3) is 0 Å². The van der Waals surface area contributed by atoms with E-state index >= 15 is 0 Å². The topological polar surface area (TPSA) is 55.1 Å². The third-order valence-corrected chi connectivity index (χ3v) is 2.28. The fourth-order valence-electron chi connectivity index (χ4n) is 1.36. The Morgan fingerprint density at radius 1 is 1.27 bits per heavy atom. The molecule has 1 rings (SSSR count). The zero-order valence-corrected chi connectivity index (χ0v) is 9.12. The summed E-state index contributed by atoms with van der Waals surface area (Å²) in [6.45, 7) is 3.16. The van der Waals surface area contributed by atoms with Gasteiger partial charge in [0.15, 0.2) is 0 Å². The summed E-state index contributed by atoms with van der Waals surface area (Å²) in [5.74, 6) is -0.382. The second-order valence-corrected chi connectivity index (χ2v) is 3.58. The first kappa shape index (κ1) is 11.6. The van der Waals surface area contributed by atoms with Crippen molar-refractivity contribution in [2.24, 2.45) is 5.73 Å². The van der Waals surface area contributed by atoms with Crippen LogP contribution in [0.5, 0.6) is 0 Å². The summed E-state index contributed by atoms with van der Waals surface area (Å²) in [4.78, 5) is 10.8. The van der Waals surface area contributed by atoms with Crippen molar-refractivity contribution in [2.45, 2.75) is 26.2 Å². The number of benzene rings is 1. The summed E-state index contributed by atoms with van der Waals surface area (Å²) >= 11 is 0. The quantitative estimate of drug-likeness (QED) is 0.702. The minimum Gasteiger partial charge on any atom is -0.385 e. The standard InChI is InChI=1S/C12H18N2O/c1-2-3-4-9-14-11-7-5-10(6-8-11)12(13)15/h5-8,14H,2-4,9H2,1H3,(H2,13,15). The lowest BCUT2D eigenvalue weighted by molar-refractivity contribution is 0.100. The first-order chi connectivity index (χ1) is 7.24. The van der Waals surface area contributed by atoms with E-state index in [1.54, 1.807) is 12.1 Å². The summed E-state index contributed by atoms with van der Waals surface area (Å²) in [7, 11) is 0. The molecule has 82 valence electrons. The van der Waals surface area contributed by atoms with Gasteiger partial charge >= 0.3 is 0 Å². The molecular formula is C12H18N2O. The molecule has 3 N–H and O–H groups in total. The maximum Gasteiger partial charge on any atom is 0.248 e. The Kier molecular flexibility index (Phi) is 4.68. The molecular weight excluding hydrogens is 188 g/mol. The van der Waals surface area contributed by atoms with Gasteiger partial charge in [0.1, 0.15) is 0 Å². The number of unbranched alkanes of at least 4 members (excludes halogenated alkanes) is 2. The number of primary amides is 1. The lowest BCUT2D eigenvalue weighted by atomic mass is 10.2. The van der Waals surface area contributed by atoms with E-state index in [-0.39, 0.29) is 5.91 Å². The average Bonchev–Trinajstić information content (AvgIpc) is 2.25. The Morgan fingerprint density at radius 2 is 1.93 bits per heavy atom. The Balaban J connectivity index is 2.39. The van der Waals surface area contributed by atoms with E-state index in [4.69, 9.17) is 5.73 Å². The van der Waals surface area contributed by atoms with Crippen molar-refractivity contribution in [1.29, 1.82) is 0 Å². The predicted octanol–water partition coefficient (Wildman–Crippen LogP) is 2.39. The van der Waals surface area contributed by atoms with Crippen LogP contribution >= 0.6 is 0 Å². The van der Waals surface area contributed by atoms with Crippen LogP contribution in [0.1, 0.15) is 36.5 Å². The van der Waals surface area contributed by atoms with Crippen LogP contribution in [0, 0.1) is 0 Å². The van der Waals surface area contributed by atoms with E-state index in [2.05, 4.69) is 12.2 Å². The molecule has 0 aliphatic heterocycles. The van der Waals surface area contributed by atoms with Gasteiger partial charge in [0, 0.05) is 17.8 Å². The van der Waals surface area contributed by atoms with Crippen LogP contribution in [-0.2, 0) is 0 Å². The van der Waals surface area contributed by atoms with Gasteiger partial charge < -0.3 is 11.1 Å². The number of rotatable bonds is 6. The first-order valence-electron chi connectivity index (χ1n) is 5.37. The number of amides is 1. The maximum atomic E-state index is 10.8. The zero-order chi connectivity index (χ0) is 11.1. The summed E-state index contributed by atoms with van der Waals surface area (Å²) in [5.41, 5.74) is 6.73. The lowest BCUT2D eigenvalue weighted by Gasteiger charge is -2.05. The van der Waals surface area contributed by atoms with Gasteiger partial charge in [-0.1, -0.05) is 19.8 Å². The van der Waals surface area contributed by atoms with Crippen LogP contribution in [0.2, 0.25) is 0 Å². The Morgan fingerprint density at radius 3 is 2.47 bits per heavy atom. The molecule has 0 spiro atoms.